The van der Waals surface area contributed by atoms with Gasteiger partial charge in [-0.15, -0.1) is 0 Å². The van der Waals surface area contributed by atoms with Gasteiger partial charge in [0.25, 0.3) is 5.91 Å². The number of hydrogen-bond acceptors (Lipinski definition) is 5. The first-order valence-electron chi connectivity index (χ1n) is 9.24. The Hall–Kier alpha value is -2.72. The van der Waals surface area contributed by atoms with Crippen molar-refractivity contribution in [1.29, 1.82) is 0 Å². The standard InChI is InChI=1S/C23H18BrIN2O4/c1-15(30-18-12-8-17(24)9-13-18)22(28)27-26-14-16-6-10-19(11-7-16)31-23(29)20-4-2-3-5-21(20)25/h2-15H,1H3,(H,27,28). The second kappa shape index (κ2) is 11.1. The van der Waals surface area contributed by atoms with Gasteiger partial charge in [0.1, 0.15) is 11.5 Å². The molecule has 1 atom stereocenters. The lowest BCUT2D eigenvalue weighted by Gasteiger charge is -2.12. The number of esters is 1. The third kappa shape index (κ3) is 6.90. The molecule has 0 aliphatic carbocycles. The predicted octanol–water partition coefficient (Wildman–Crippen LogP) is 5.19. The van der Waals surface area contributed by atoms with Gasteiger partial charge >= 0.3 is 5.97 Å². The number of nitrogens with one attached hydrogen (secondary N) is 1. The van der Waals surface area contributed by atoms with Crippen LogP contribution in [0.3, 0.4) is 0 Å². The van der Waals surface area contributed by atoms with E-state index in [1.54, 1.807) is 55.5 Å². The molecular formula is C23H18BrIN2O4. The van der Waals surface area contributed by atoms with Gasteiger partial charge in [0.15, 0.2) is 6.10 Å². The van der Waals surface area contributed by atoms with Crippen LogP contribution < -0.4 is 14.9 Å². The van der Waals surface area contributed by atoms with Crippen LogP contribution in [0.15, 0.2) is 82.4 Å². The summed E-state index contributed by atoms with van der Waals surface area (Å²) in [5.74, 6) is 0.216. The zero-order valence-corrected chi connectivity index (χ0v) is 20.2. The van der Waals surface area contributed by atoms with E-state index in [9.17, 15) is 9.59 Å². The molecule has 1 amide bonds. The Morgan fingerprint density at radius 2 is 1.65 bits per heavy atom. The van der Waals surface area contributed by atoms with Crippen LogP contribution in [-0.2, 0) is 4.79 Å². The van der Waals surface area contributed by atoms with Crippen molar-refractivity contribution in [3.8, 4) is 11.5 Å². The van der Waals surface area contributed by atoms with Crippen molar-refractivity contribution < 1.29 is 19.1 Å². The fourth-order valence-electron chi connectivity index (χ4n) is 2.44. The van der Waals surface area contributed by atoms with Gasteiger partial charge in [0, 0.05) is 8.04 Å². The average molecular weight is 593 g/mol. The molecule has 1 N–H and O–H groups in total. The van der Waals surface area contributed by atoms with Crippen molar-refractivity contribution >= 4 is 56.6 Å². The van der Waals surface area contributed by atoms with Gasteiger partial charge in [-0.05, 0) is 95.7 Å². The fraction of sp³-hybridized carbons (Fsp3) is 0.0870. The van der Waals surface area contributed by atoms with Crippen LogP contribution in [0.5, 0.6) is 11.5 Å². The van der Waals surface area contributed by atoms with E-state index >= 15 is 0 Å². The summed E-state index contributed by atoms with van der Waals surface area (Å²) in [5.41, 5.74) is 3.69. The number of nitrogens with zero attached hydrogens (tertiary/aromatic N) is 1. The molecule has 0 heterocycles. The Morgan fingerprint density at radius 3 is 2.32 bits per heavy atom. The number of hydrazone groups is 1. The van der Waals surface area contributed by atoms with E-state index in [0.717, 1.165) is 13.6 Å². The third-order valence-corrected chi connectivity index (χ3v) is 5.54. The van der Waals surface area contributed by atoms with Crippen LogP contribution in [0.25, 0.3) is 0 Å². The molecule has 8 heteroatoms. The number of halogens is 2. The molecule has 0 saturated heterocycles. The molecule has 0 bridgehead atoms. The SMILES string of the molecule is CC(Oc1ccc(Br)cc1)C(=O)NN=Cc1ccc(OC(=O)c2ccccc2I)cc1. The number of ether oxygens (including phenoxy) is 2. The predicted molar refractivity (Wildman–Crippen MR) is 131 cm³/mol. The first kappa shape index (κ1) is 23.0. The zero-order valence-electron chi connectivity index (χ0n) is 16.4. The molecule has 1 unspecified atom stereocenters. The van der Waals surface area contributed by atoms with E-state index in [1.807, 2.05) is 24.3 Å². The summed E-state index contributed by atoms with van der Waals surface area (Å²) in [7, 11) is 0. The van der Waals surface area contributed by atoms with Crippen LogP contribution in [0.2, 0.25) is 0 Å². The van der Waals surface area contributed by atoms with Crippen molar-refractivity contribution in [2.75, 3.05) is 0 Å². The highest BCUT2D eigenvalue weighted by atomic mass is 127. The molecule has 0 saturated carbocycles. The second-order valence-electron chi connectivity index (χ2n) is 6.39. The smallest absolute Gasteiger partial charge is 0.344 e. The van der Waals surface area contributed by atoms with Gasteiger partial charge < -0.3 is 9.47 Å². The van der Waals surface area contributed by atoms with E-state index in [2.05, 4.69) is 49.0 Å². The lowest BCUT2D eigenvalue weighted by molar-refractivity contribution is -0.127. The van der Waals surface area contributed by atoms with Gasteiger partial charge in [-0.3, -0.25) is 4.79 Å². The minimum Gasteiger partial charge on any atom is -0.481 e. The number of hydrogen-bond donors (Lipinski definition) is 1. The number of carbonyl (C=O) groups is 2. The average Bonchev–Trinajstić information content (AvgIpc) is 2.76. The van der Waals surface area contributed by atoms with Gasteiger partial charge in [0.2, 0.25) is 0 Å². The molecule has 31 heavy (non-hydrogen) atoms. The molecule has 158 valence electrons. The van der Waals surface area contributed by atoms with Crippen molar-refractivity contribution in [2.24, 2.45) is 5.10 Å². The number of amides is 1. The van der Waals surface area contributed by atoms with Crippen molar-refractivity contribution in [1.82, 2.24) is 5.43 Å². The monoisotopic (exact) mass is 592 g/mol. The molecule has 6 nitrogen and oxygen atoms in total. The normalized spacial score (nSPS) is 11.7. The molecule has 0 aliphatic rings. The lowest BCUT2D eigenvalue weighted by Crippen LogP contribution is -2.33. The number of rotatable bonds is 7. The van der Waals surface area contributed by atoms with Crippen LogP contribution in [-0.4, -0.2) is 24.2 Å². The quantitative estimate of drug-likeness (QED) is 0.135. The molecule has 0 spiro atoms. The van der Waals surface area contributed by atoms with Gasteiger partial charge in [0.05, 0.1) is 11.8 Å². The largest absolute Gasteiger partial charge is 0.481 e. The Balaban J connectivity index is 1.51. The summed E-state index contributed by atoms with van der Waals surface area (Å²) in [6.45, 7) is 1.64. The molecule has 3 aromatic rings. The van der Waals surface area contributed by atoms with Crippen LogP contribution in [0.4, 0.5) is 0 Å². The topological polar surface area (TPSA) is 77.0 Å². The first-order valence-corrected chi connectivity index (χ1v) is 11.1. The third-order valence-electron chi connectivity index (χ3n) is 4.07. The molecular weight excluding hydrogens is 575 g/mol. The highest BCUT2D eigenvalue weighted by Gasteiger charge is 2.14. The summed E-state index contributed by atoms with van der Waals surface area (Å²) in [5, 5.41) is 3.95. The van der Waals surface area contributed by atoms with Crippen molar-refractivity contribution in [2.45, 2.75) is 13.0 Å². The van der Waals surface area contributed by atoms with Crippen LogP contribution >= 0.6 is 38.5 Å². The molecule has 0 aliphatic heterocycles. The first-order chi connectivity index (χ1) is 14.9. The summed E-state index contributed by atoms with van der Waals surface area (Å²) in [4.78, 5) is 24.4. The van der Waals surface area contributed by atoms with Gasteiger partial charge in [-0.1, -0.05) is 28.1 Å². The van der Waals surface area contributed by atoms with Crippen molar-refractivity contribution in [3.05, 3.63) is 92.0 Å². The molecule has 0 radical (unpaired) electrons. The Kier molecular flexibility index (Phi) is 8.19. The molecule has 3 rings (SSSR count). The maximum Gasteiger partial charge on any atom is 0.344 e. The van der Waals surface area contributed by atoms with E-state index in [1.165, 1.54) is 6.21 Å². The number of carbonyl (C=O) groups excluding carboxylic acids is 2. The highest BCUT2D eigenvalue weighted by molar-refractivity contribution is 14.1. The lowest BCUT2D eigenvalue weighted by atomic mass is 10.2. The van der Waals surface area contributed by atoms with Gasteiger partial charge in [-0.25, -0.2) is 10.2 Å². The molecule has 3 aromatic carbocycles. The fourth-order valence-corrected chi connectivity index (χ4v) is 3.31. The minimum absolute atomic E-state index is 0.373. The van der Waals surface area contributed by atoms with E-state index in [-0.39, 0.29) is 5.91 Å². The zero-order chi connectivity index (χ0) is 22.2. The summed E-state index contributed by atoms with van der Waals surface area (Å²) >= 11 is 5.44. The molecule has 0 aromatic heterocycles. The molecule has 0 fully saturated rings. The van der Waals surface area contributed by atoms with E-state index < -0.39 is 12.1 Å². The van der Waals surface area contributed by atoms with Crippen molar-refractivity contribution in [3.63, 3.8) is 0 Å². The van der Waals surface area contributed by atoms with Crippen LogP contribution in [0, 0.1) is 3.57 Å². The Bertz CT molecular complexity index is 1090. The number of benzene rings is 3. The van der Waals surface area contributed by atoms with E-state index in [0.29, 0.717) is 17.1 Å². The Labute approximate surface area is 201 Å². The maximum atomic E-state index is 12.3. The second-order valence-corrected chi connectivity index (χ2v) is 8.46. The van der Waals surface area contributed by atoms with E-state index in [4.69, 9.17) is 9.47 Å². The van der Waals surface area contributed by atoms with Crippen LogP contribution in [0.1, 0.15) is 22.8 Å². The maximum absolute atomic E-state index is 12.3. The summed E-state index contributed by atoms with van der Waals surface area (Å²) < 4.78 is 12.7. The summed E-state index contributed by atoms with van der Waals surface area (Å²) in [6, 6.07) is 21.2. The van der Waals surface area contributed by atoms with Gasteiger partial charge in [-0.2, -0.15) is 5.10 Å². The Morgan fingerprint density at radius 1 is 1.00 bits per heavy atom. The summed E-state index contributed by atoms with van der Waals surface area (Å²) in [6.07, 6.45) is 0.789. The highest BCUT2D eigenvalue weighted by Crippen LogP contribution is 2.18. The minimum atomic E-state index is -0.708.